The molecule has 0 saturated carbocycles. The van der Waals surface area contributed by atoms with Gasteiger partial charge in [-0.15, -0.1) is 11.8 Å². The molecule has 0 aromatic heterocycles. The smallest absolute Gasteiger partial charge is 0.0535 e. The Kier molecular flexibility index (Phi) is 4.69. The van der Waals surface area contributed by atoms with Gasteiger partial charge in [0.25, 0.3) is 0 Å². The van der Waals surface area contributed by atoms with Gasteiger partial charge in [-0.1, -0.05) is 25.1 Å². The van der Waals surface area contributed by atoms with Crippen molar-refractivity contribution in [1.82, 2.24) is 5.32 Å². The van der Waals surface area contributed by atoms with Gasteiger partial charge in [-0.2, -0.15) is 0 Å². The van der Waals surface area contributed by atoms with Gasteiger partial charge in [0.2, 0.25) is 0 Å². The highest BCUT2D eigenvalue weighted by atomic mass is 32.2. The third-order valence-corrected chi connectivity index (χ3v) is 5.81. The van der Waals surface area contributed by atoms with Gasteiger partial charge >= 0.3 is 0 Å². The number of hydrogen-bond acceptors (Lipinski definition) is 3. The number of fused-ring (bicyclic) bond motifs is 1. The number of benzene rings is 1. The van der Waals surface area contributed by atoms with Gasteiger partial charge in [-0.3, -0.25) is 0 Å². The average Bonchev–Trinajstić information content (AvgIpc) is 3.06. The molecule has 110 valence electrons. The van der Waals surface area contributed by atoms with E-state index >= 15 is 0 Å². The summed E-state index contributed by atoms with van der Waals surface area (Å²) in [4.78, 5) is 1.49. The lowest BCUT2D eigenvalue weighted by Gasteiger charge is -2.30. The van der Waals surface area contributed by atoms with Crippen molar-refractivity contribution in [1.29, 1.82) is 0 Å². The molecule has 2 nitrogen and oxygen atoms in total. The topological polar surface area (TPSA) is 21.3 Å². The van der Waals surface area contributed by atoms with Crippen LogP contribution in [-0.4, -0.2) is 31.6 Å². The number of rotatable bonds is 6. The van der Waals surface area contributed by atoms with E-state index in [0.717, 1.165) is 31.6 Å². The zero-order chi connectivity index (χ0) is 13.8. The molecule has 3 heteroatoms. The molecule has 0 bridgehead atoms. The number of ether oxygens (including phenoxy) is 1. The van der Waals surface area contributed by atoms with Crippen molar-refractivity contribution < 1.29 is 4.74 Å². The predicted molar refractivity (Wildman–Crippen MR) is 85.4 cm³/mol. The fourth-order valence-corrected chi connectivity index (χ4v) is 4.92. The summed E-state index contributed by atoms with van der Waals surface area (Å²) in [6.07, 6.45) is 4.94. The lowest BCUT2D eigenvalue weighted by molar-refractivity contribution is 0.143. The quantitative estimate of drug-likeness (QED) is 0.811. The SMILES string of the molecule is CCCNCC1(CC2Cc3ccccc3S2)CCOC1. The molecule has 1 aromatic rings. The molecule has 2 atom stereocenters. The first-order valence-electron chi connectivity index (χ1n) is 7.84. The Morgan fingerprint density at radius 1 is 1.40 bits per heavy atom. The summed E-state index contributed by atoms with van der Waals surface area (Å²) < 4.78 is 5.73. The second kappa shape index (κ2) is 6.50. The molecule has 2 unspecified atom stereocenters. The zero-order valence-electron chi connectivity index (χ0n) is 12.4. The van der Waals surface area contributed by atoms with E-state index in [0.29, 0.717) is 5.41 Å². The van der Waals surface area contributed by atoms with Crippen LogP contribution in [0.1, 0.15) is 31.7 Å². The van der Waals surface area contributed by atoms with Gasteiger partial charge in [0.05, 0.1) is 6.61 Å². The molecule has 2 aliphatic rings. The maximum absolute atomic E-state index is 5.73. The molecule has 1 fully saturated rings. The van der Waals surface area contributed by atoms with Crippen molar-refractivity contribution in [2.75, 3.05) is 26.3 Å². The van der Waals surface area contributed by atoms with Gasteiger partial charge in [-0.25, -0.2) is 0 Å². The molecule has 0 spiro atoms. The Morgan fingerprint density at radius 2 is 2.30 bits per heavy atom. The Balaban J connectivity index is 1.61. The van der Waals surface area contributed by atoms with Crippen LogP contribution >= 0.6 is 11.8 Å². The molecule has 1 saturated heterocycles. The minimum absolute atomic E-state index is 0.370. The molecule has 1 aromatic carbocycles. The van der Waals surface area contributed by atoms with Gasteiger partial charge in [0.1, 0.15) is 0 Å². The molecule has 3 rings (SSSR count). The summed E-state index contributed by atoms with van der Waals surface area (Å²) >= 11 is 2.08. The zero-order valence-corrected chi connectivity index (χ0v) is 13.2. The van der Waals surface area contributed by atoms with Crippen LogP contribution < -0.4 is 5.32 Å². The van der Waals surface area contributed by atoms with Crippen molar-refractivity contribution in [3.63, 3.8) is 0 Å². The van der Waals surface area contributed by atoms with Crippen molar-refractivity contribution in [3.8, 4) is 0 Å². The largest absolute Gasteiger partial charge is 0.381 e. The van der Waals surface area contributed by atoms with Gasteiger partial charge in [0.15, 0.2) is 0 Å². The highest BCUT2D eigenvalue weighted by Crippen LogP contribution is 2.44. The lowest BCUT2D eigenvalue weighted by atomic mass is 9.81. The first-order valence-corrected chi connectivity index (χ1v) is 8.72. The summed E-state index contributed by atoms with van der Waals surface area (Å²) in [5.41, 5.74) is 1.91. The van der Waals surface area contributed by atoms with Crippen LogP contribution in [0.25, 0.3) is 0 Å². The molecule has 2 heterocycles. The fourth-order valence-electron chi connectivity index (χ4n) is 3.40. The van der Waals surface area contributed by atoms with Crippen LogP contribution in [0.5, 0.6) is 0 Å². The van der Waals surface area contributed by atoms with E-state index in [4.69, 9.17) is 4.74 Å². The van der Waals surface area contributed by atoms with Crippen molar-refractivity contribution in [3.05, 3.63) is 29.8 Å². The van der Waals surface area contributed by atoms with E-state index in [1.165, 1.54) is 36.1 Å². The van der Waals surface area contributed by atoms with Gasteiger partial charge in [0, 0.05) is 28.7 Å². The first-order chi connectivity index (χ1) is 9.81. The number of thioether (sulfide) groups is 1. The van der Waals surface area contributed by atoms with E-state index in [-0.39, 0.29) is 0 Å². The molecular formula is C17H25NOS. The van der Waals surface area contributed by atoms with Crippen molar-refractivity contribution >= 4 is 11.8 Å². The number of hydrogen-bond donors (Lipinski definition) is 1. The Morgan fingerprint density at radius 3 is 3.05 bits per heavy atom. The molecule has 1 N–H and O–H groups in total. The standard InChI is InChI=1S/C17H25NOS/c1-2-8-18-12-17(7-9-19-13-17)11-15-10-14-5-3-4-6-16(14)20-15/h3-6,15,18H,2,7-13H2,1H3. The fraction of sp³-hybridized carbons (Fsp3) is 0.647. The van der Waals surface area contributed by atoms with Crippen LogP contribution in [0, 0.1) is 5.41 Å². The van der Waals surface area contributed by atoms with Crippen LogP contribution in [0.15, 0.2) is 29.2 Å². The Hall–Kier alpha value is -0.510. The first kappa shape index (κ1) is 14.4. The van der Waals surface area contributed by atoms with E-state index in [2.05, 4.69) is 48.3 Å². The summed E-state index contributed by atoms with van der Waals surface area (Å²) in [7, 11) is 0. The molecule has 20 heavy (non-hydrogen) atoms. The second-order valence-corrected chi connectivity index (χ2v) is 7.58. The molecule has 0 aliphatic carbocycles. The van der Waals surface area contributed by atoms with E-state index in [1.807, 2.05) is 0 Å². The maximum Gasteiger partial charge on any atom is 0.0535 e. The van der Waals surface area contributed by atoms with E-state index in [1.54, 1.807) is 0 Å². The second-order valence-electron chi connectivity index (χ2n) is 6.24. The summed E-state index contributed by atoms with van der Waals surface area (Å²) in [6.45, 7) is 6.36. The predicted octanol–water partition coefficient (Wildman–Crippen LogP) is 3.50. The normalized spacial score (nSPS) is 28.8. The van der Waals surface area contributed by atoms with Crippen LogP contribution in [0.4, 0.5) is 0 Å². The van der Waals surface area contributed by atoms with E-state index < -0.39 is 0 Å². The van der Waals surface area contributed by atoms with Crippen LogP contribution in [-0.2, 0) is 11.2 Å². The molecule has 0 amide bonds. The number of nitrogens with one attached hydrogen (secondary N) is 1. The van der Waals surface area contributed by atoms with Crippen molar-refractivity contribution in [2.24, 2.45) is 5.41 Å². The Labute approximate surface area is 126 Å². The third-order valence-electron chi connectivity index (χ3n) is 4.49. The lowest BCUT2D eigenvalue weighted by Crippen LogP contribution is -2.37. The molecule has 0 radical (unpaired) electrons. The summed E-state index contributed by atoms with van der Waals surface area (Å²) in [6, 6.07) is 8.88. The van der Waals surface area contributed by atoms with Crippen LogP contribution in [0.3, 0.4) is 0 Å². The summed E-state index contributed by atoms with van der Waals surface area (Å²) in [5.74, 6) is 0. The summed E-state index contributed by atoms with van der Waals surface area (Å²) in [5, 5.41) is 4.36. The van der Waals surface area contributed by atoms with E-state index in [9.17, 15) is 0 Å². The molecule has 2 aliphatic heterocycles. The maximum atomic E-state index is 5.73. The minimum atomic E-state index is 0.370. The van der Waals surface area contributed by atoms with Gasteiger partial charge in [-0.05, 0) is 43.9 Å². The third kappa shape index (κ3) is 3.21. The minimum Gasteiger partial charge on any atom is -0.381 e. The van der Waals surface area contributed by atoms with Crippen molar-refractivity contribution in [2.45, 2.75) is 42.8 Å². The highest BCUT2D eigenvalue weighted by molar-refractivity contribution is 8.00. The Bertz CT molecular complexity index is 417. The monoisotopic (exact) mass is 291 g/mol. The average molecular weight is 291 g/mol. The highest BCUT2D eigenvalue weighted by Gasteiger charge is 2.38. The molecular weight excluding hydrogens is 266 g/mol. The van der Waals surface area contributed by atoms with Crippen LogP contribution in [0.2, 0.25) is 0 Å². The van der Waals surface area contributed by atoms with Gasteiger partial charge < -0.3 is 10.1 Å².